The van der Waals surface area contributed by atoms with Crippen LogP contribution in [0, 0.1) is 13.8 Å². The average Bonchev–Trinajstić information content (AvgIpc) is 3.02. The van der Waals surface area contributed by atoms with Crippen LogP contribution < -0.4 is 0 Å². The van der Waals surface area contributed by atoms with E-state index < -0.39 is 5.60 Å². The van der Waals surface area contributed by atoms with Crippen LogP contribution in [-0.4, -0.2) is 49.6 Å². The summed E-state index contributed by atoms with van der Waals surface area (Å²) in [4.78, 5) is 14.6. The van der Waals surface area contributed by atoms with Crippen molar-refractivity contribution in [3.8, 4) is 0 Å². The fourth-order valence-corrected chi connectivity index (χ4v) is 3.43. The van der Waals surface area contributed by atoms with Gasteiger partial charge >= 0.3 is 0 Å². The first-order valence-corrected chi connectivity index (χ1v) is 8.38. The molecule has 1 aliphatic rings. The molecule has 0 saturated carbocycles. The molecule has 1 unspecified atom stereocenters. The highest BCUT2D eigenvalue weighted by Gasteiger charge is 2.36. The van der Waals surface area contributed by atoms with Crippen molar-refractivity contribution in [2.75, 3.05) is 13.1 Å². The van der Waals surface area contributed by atoms with Crippen molar-refractivity contribution in [2.24, 2.45) is 0 Å². The Balaban J connectivity index is 1.79. The van der Waals surface area contributed by atoms with Gasteiger partial charge in [-0.1, -0.05) is 16.8 Å². The molecule has 1 fully saturated rings. The van der Waals surface area contributed by atoms with E-state index in [2.05, 4.69) is 10.3 Å². The number of rotatable bonds is 3. The molecule has 24 heavy (non-hydrogen) atoms. The maximum Gasteiger partial charge on any atom is 0.254 e. The van der Waals surface area contributed by atoms with E-state index in [0.717, 1.165) is 17.5 Å². The Kier molecular flexibility index (Phi) is 4.60. The Morgan fingerprint density at radius 1 is 1.38 bits per heavy atom. The number of β-amino-alcohol motifs (C(OH)–C–C–N with tert-alkyl or cyclic N) is 1. The van der Waals surface area contributed by atoms with Gasteiger partial charge in [-0.15, -0.1) is 5.10 Å². The molecule has 6 nitrogen and oxygen atoms in total. The summed E-state index contributed by atoms with van der Waals surface area (Å²) >= 11 is 6.12. The first-order chi connectivity index (χ1) is 11.4. The lowest BCUT2D eigenvalue weighted by molar-refractivity contribution is -0.0387. The Labute approximate surface area is 146 Å². The molecule has 1 aliphatic heterocycles. The lowest BCUT2D eigenvalue weighted by Gasteiger charge is -2.39. The number of halogens is 1. The smallest absolute Gasteiger partial charge is 0.254 e. The number of likely N-dealkylation sites (tertiary alicyclic amines) is 1. The van der Waals surface area contributed by atoms with Gasteiger partial charge in [0.15, 0.2) is 0 Å². The highest BCUT2D eigenvalue weighted by atomic mass is 35.5. The summed E-state index contributed by atoms with van der Waals surface area (Å²) in [5.41, 5.74) is 1.38. The summed E-state index contributed by atoms with van der Waals surface area (Å²) in [6, 6.07) is 3.64. The van der Waals surface area contributed by atoms with Crippen LogP contribution >= 0.6 is 11.6 Å². The zero-order valence-corrected chi connectivity index (χ0v) is 14.6. The molecule has 1 saturated heterocycles. The molecule has 1 atom stereocenters. The largest absolute Gasteiger partial charge is 0.386 e. The van der Waals surface area contributed by atoms with E-state index in [1.54, 1.807) is 22.0 Å². The third kappa shape index (κ3) is 3.44. The molecule has 2 aromatic rings. The minimum Gasteiger partial charge on any atom is -0.386 e. The Morgan fingerprint density at radius 3 is 2.88 bits per heavy atom. The Morgan fingerprint density at radius 2 is 2.17 bits per heavy atom. The van der Waals surface area contributed by atoms with Crippen LogP contribution in [0.5, 0.6) is 0 Å². The summed E-state index contributed by atoms with van der Waals surface area (Å²) in [5.74, 6) is -0.0658. The molecule has 2 heterocycles. The highest BCUT2D eigenvalue weighted by molar-refractivity contribution is 6.31. The van der Waals surface area contributed by atoms with Gasteiger partial charge < -0.3 is 10.0 Å². The molecule has 1 amide bonds. The van der Waals surface area contributed by atoms with Gasteiger partial charge in [0, 0.05) is 23.3 Å². The maximum absolute atomic E-state index is 12.9. The van der Waals surface area contributed by atoms with Crippen LogP contribution in [0.1, 0.15) is 34.3 Å². The van der Waals surface area contributed by atoms with Crippen molar-refractivity contribution < 1.29 is 9.90 Å². The first kappa shape index (κ1) is 16.9. The molecular weight excluding hydrogens is 328 g/mol. The number of aryl methyl sites for hydroxylation is 2. The predicted octanol–water partition coefficient (Wildman–Crippen LogP) is 2.22. The molecule has 0 spiro atoms. The molecular formula is C17H21ClN4O2. The quantitative estimate of drug-likeness (QED) is 0.923. The van der Waals surface area contributed by atoms with Gasteiger partial charge in [-0.25, -0.2) is 4.68 Å². The van der Waals surface area contributed by atoms with Crippen molar-refractivity contribution in [1.82, 2.24) is 19.9 Å². The van der Waals surface area contributed by atoms with E-state index in [1.807, 2.05) is 26.0 Å². The number of amides is 1. The van der Waals surface area contributed by atoms with Crippen molar-refractivity contribution in [1.29, 1.82) is 0 Å². The van der Waals surface area contributed by atoms with Crippen molar-refractivity contribution in [3.63, 3.8) is 0 Å². The minimum absolute atomic E-state index is 0.0658. The fraction of sp³-hybridized carbons (Fsp3) is 0.471. The second kappa shape index (κ2) is 6.53. The standard InChI is InChI=1S/C17H21ClN4O2/c1-12-9-15(18)13(2)8-14(12)16(23)21-6-3-4-17(24,10-21)11-22-7-5-19-20-22/h5,7-9,24H,3-4,6,10-11H2,1-2H3. The molecule has 3 rings (SSSR count). The third-order valence-corrected chi connectivity index (χ3v) is 4.91. The average molecular weight is 349 g/mol. The summed E-state index contributed by atoms with van der Waals surface area (Å²) in [6.45, 7) is 5.02. The van der Waals surface area contributed by atoms with E-state index in [-0.39, 0.29) is 12.5 Å². The second-order valence-electron chi connectivity index (χ2n) is 6.57. The molecule has 0 radical (unpaired) electrons. The fourth-order valence-electron chi connectivity index (χ4n) is 3.22. The normalized spacial score (nSPS) is 21.1. The highest BCUT2D eigenvalue weighted by Crippen LogP contribution is 2.26. The van der Waals surface area contributed by atoms with Crippen LogP contribution in [0.4, 0.5) is 0 Å². The number of carbonyl (C=O) groups excluding carboxylic acids is 1. The van der Waals surface area contributed by atoms with E-state index in [4.69, 9.17) is 11.6 Å². The maximum atomic E-state index is 12.9. The molecule has 1 N–H and O–H groups in total. The van der Waals surface area contributed by atoms with Crippen LogP contribution in [0.2, 0.25) is 5.02 Å². The zero-order chi connectivity index (χ0) is 17.3. The van der Waals surface area contributed by atoms with E-state index in [0.29, 0.717) is 30.1 Å². The van der Waals surface area contributed by atoms with Gasteiger partial charge in [0.05, 0.1) is 19.3 Å². The molecule has 1 aromatic carbocycles. The second-order valence-corrected chi connectivity index (χ2v) is 6.98. The number of aliphatic hydroxyl groups is 1. The number of nitrogens with zero attached hydrogens (tertiary/aromatic N) is 4. The Hall–Kier alpha value is -1.92. The summed E-state index contributed by atoms with van der Waals surface area (Å²) in [5, 5.41) is 19.2. The van der Waals surface area contributed by atoms with Crippen molar-refractivity contribution >= 4 is 17.5 Å². The lowest BCUT2D eigenvalue weighted by Crippen LogP contribution is -2.52. The number of carbonyl (C=O) groups is 1. The lowest BCUT2D eigenvalue weighted by atomic mass is 9.92. The number of piperidine rings is 1. The predicted molar refractivity (Wildman–Crippen MR) is 91.0 cm³/mol. The van der Waals surface area contributed by atoms with Crippen LogP contribution in [-0.2, 0) is 6.54 Å². The molecule has 1 aromatic heterocycles. The number of benzene rings is 1. The van der Waals surface area contributed by atoms with Crippen LogP contribution in [0.25, 0.3) is 0 Å². The van der Waals surface area contributed by atoms with Crippen molar-refractivity contribution in [2.45, 2.75) is 38.8 Å². The molecule has 0 aliphatic carbocycles. The van der Waals surface area contributed by atoms with Gasteiger partial charge in [0.2, 0.25) is 0 Å². The van der Waals surface area contributed by atoms with Gasteiger partial charge in [0.1, 0.15) is 5.60 Å². The van der Waals surface area contributed by atoms with Crippen LogP contribution in [0.3, 0.4) is 0 Å². The van der Waals surface area contributed by atoms with E-state index in [1.165, 1.54) is 0 Å². The molecule has 128 valence electrons. The number of hydrogen-bond donors (Lipinski definition) is 1. The van der Waals surface area contributed by atoms with Gasteiger partial charge in [-0.3, -0.25) is 4.79 Å². The van der Waals surface area contributed by atoms with E-state index in [9.17, 15) is 9.90 Å². The first-order valence-electron chi connectivity index (χ1n) is 8.00. The summed E-state index contributed by atoms with van der Waals surface area (Å²) in [7, 11) is 0. The number of aromatic nitrogens is 3. The minimum atomic E-state index is -0.989. The van der Waals surface area contributed by atoms with Crippen molar-refractivity contribution in [3.05, 3.63) is 46.2 Å². The molecule has 0 bridgehead atoms. The summed E-state index contributed by atoms with van der Waals surface area (Å²) < 4.78 is 1.60. The monoisotopic (exact) mass is 348 g/mol. The van der Waals surface area contributed by atoms with Gasteiger partial charge in [-0.2, -0.15) is 0 Å². The zero-order valence-electron chi connectivity index (χ0n) is 13.9. The van der Waals surface area contributed by atoms with E-state index >= 15 is 0 Å². The van der Waals surface area contributed by atoms with Crippen LogP contribution in [0.15, 0.2) is 24.5 Å². The summed E-state index contributed by atoms with van der Waals surface area (Å²) in [6.07, 6.45) is 4.68. The van der Waals surface area contributed by atoms with Gasteiger partial charge in [-0.05, 0) is 49.9 Å². The number of hydrogen-bond acceptors (Lipinski definition) is 4. The van der Waals surface area contributed by atoms with Gasteiger partial charge in [0.25, 0.3) is 5.91 Å². The topological polar surface area (TPSA) is 71.2 Å². The molecule has 7 heteroatoms. The Bertz CT molecular complexity index is 747. The third-order valence-electron chi connectivity index (χ3n) is 4.51. The SMILES string of the molecule is Cc1cc(C(=O)N2CCCC(O)(Cn3ccnn3)C2)c(C)cc1Cl.